The third-order valence-corrected chi connectivity index (χ3v) is 8.06. The summed E-state index contributed by atoms with van der Waals surface area (Å²) in [7, 11) is 0. The molecule has 198 valence electrons. The predicted octanol–water partition coefficient (Wildman–Crippen LogP) is 6.25. The fourth-order valence-corrected chi connectivity index (χ4v) is 5.89. The molecule has 38 heavy (non-hydrogen) atoms. The minimum absolute atomic E-state index is 0.0332. The van der Waals surface area contributed by atoms with Crippen molar-refractivity contribution in [1.29, 1.82) is 0 Å². The molecule has 5 rings (SSSR count). The maximum absolute atomic E-state index is 14.0. The van der Waals surface area contributed by atoms with Gasteiger partial charge in [0.15, 0.2) is 0 Å². The van der Waals surface area contributed by atoms with Gasteiger partial charge < -0.3 is 15.1 Å². The number of amides is 3. The van der Waals surface area contributed by atoms with Crippen LogP contribution in [-0.2, 0) is 11.2 Å². The van der Waals surface area contributed by atoms with Gasteiger partial charge in [-0.25, -0.2) is 9.18 Å². The first kappa shape index (κ1) is 26.0. The Labute approximate surface area is 224 Å². The lowest BCUT2D eigenvalue weighted by Crippen LogP contribution is -2.51. The van der Waals surface area contributed by atoms with Crippen LogP contribution in [0.3, 0.4) is 0 Å². The summed E-state index contributed by atoms with van der Waals surface area (Å²) in [6, 6.07) is 24.8. The normalized spacial score (nSPS) is 20.3. The molecule has 2 saturated heterocycles. The van der Waals surface area contributed by atoms with Gasteiger partial charge in [0, 0.05) is 37.8 Å². The van der Waals surface area contributed by atoms with Crippen LogP contribution in [0, 0.1) is 24.6 Å². The van der Waals surface area contributed by atoms with E-state index in [1.54, 1.807) is 17.9 Å². The second-order valence-electron chi connectivity index (χ2n) is 10.8. The summed E-state index contributed by atoms with van der Waals surface area (Å²) < 4.78 is 14.0. The van der Waals surface area contributed by atoms with Gasteiger partial charge in [-0.3, -0.25) is 4.79 Å². The van der Waals surface area contributed by atoms with Gasteiger partial charge in [-0.05, 0) is 73.4 Å². The minimum atomic E-state index is -0.286. The molecular weight excluding hydrogens is 477 g/mol. The number of hydrogen-bond acceptors (Lipinski definition) is 2. The van der Waals surface area contributed by atoms with Crippen molar-refractivity contribution >= 4 is 17.6 Å². The van der Waals surface area contributed by atoms with E-state index in [-0.39, 0.29) is 29.6 Å². The molecule has 2 aliphatic heterocycles. The molecule has 0 spiro atoms. The third kappa shape index (κ3) is 6.24. The first-order valence-electron chi connectivity index (χ1n) is 13.7. The summed E-state index contributed by atoms with van der Waals surface area (Å²) in [6.45, 7) is 4.14. The number of halogens is 1. The van der Waals surface area contributed by atoms with Crippen LogP contribution in [-0.4, -0.2) is 47.9 Å². The van der Waals surface area contributed by atoms with E-state index < -0.39 is 0 Å². The molecule has 2 unspecified atom stereocenters. The van der Waals surface area contributed by atoms with Gasteiger partial charge in [-0.15, -0.1) is 0 Å². The number of nitrogens with zero attached hydrogens (tertiary/aromatic N) is 2. The Bertz CT molecular complexity index is 1240. The molecule has 5 nitrogen and oxygen atoms in total. The third-order valence-electron chi connectivity index (χ3n) is 8.06. The number of rotatable bonds is 5. The van der Waals surface area contributed by atoms with E-state index in [1.807, 2.05) is 47.4 Å². The Morgan fingerprint density at radius 3 is 2.26 bits per heavy atom. The van der Waals surface area contributed by atoms with Gasteiger partial charge in [0.2, 0.25) is 5.91 Å². The van der Waals surface area contributed by atoms with E-state index in [2.05, 4.69) is 29.6 Å². The summed E-state index contributed by atoms with van der Waals surface area (Å²) in [5, 5.41) is 2.97. The van der Waals surface area contributed by atoms with Crippen molar-refractivity contribution < 1.29 is 14.0 Å². The lowest BCUT2D eigenvalue weighted by Gasteiger charge is -2.41. The molecule has 6 heteroatoms. The molecule has 0 bridgehead atoms. The zero-order valence-corrected chi connectivity index (χ0v) is 22.0. The SMILES string of the molecule is Cc1cc(C2CC(C(=O)N3CCC(Cc4ccccc4)CC3)CN(C(=O)Nc3ccccc3)C2)ccc1F. The summed E-state index contributed by atoms with van der Waals surface area (Å²) in [6.07, 6.45) is 3.69. The Balaban J connectivity index is 1.28. The molecule has 3 amide bonds. The summed E-state index contributed by atoms with van der Waals surface area (Å²) in [5.74, 6) is 0.148. The number of carbonyl (C=O) groups excluding carboxylic acids is 2. The van der Waals surface area contributed by atoms with E-state index in [0.717, 1.165) is 43.6 Å². The summed E-state index contributed by atoms with van der Waals surface area (Å²) in [4.78, 5) is 30.8. The summed E-state index contributed by atoms with van der Waals surface area (Å²) in [5.41, 5.74) is 3.62. The Kier molecular flexibility index (Phi) is 8.06. The highest BCUT2D eigenvalue weighted by molar-refractivity contribution is 5.90. The Morgan fingerprint density at radius 1 is 0.895 bits per heavy atom. The van der Waals surface area contributed by atoms with E-state index in [1.165, 1.54) is 11.6 Å². The van der Waals surface area contributed by atoms with Crippen molar-refractivity contribution in [2.75, 3.05) is 31.5 Å². The van der Waals surface area contributed by atoms with Crippen LogP contribution in [0.2, 0.25) is 0 Å². The average molecular weight is 514 g/mol. The number of likely N-dealkylation sites (tertiary alicyclic amines) is 2. The molecule has 2 fully saturated rings. The van der Waals surface area contributed by atoms with E-state index in [4.69, 9.17) is 0 Å². The fraction of sp³-hybridized carbons (Fsp3) is 0.375. The molecule has 2 heterocycles. The fourth-order valence-electron chi connectivity index (χ4n) is 5.89. The maximum atomic E-state index is 14.0. The number of anilines is 1. The van der Waals surface area contributed by atoms with Gasteiger partial charge in [-0.2, -0.15) is 0 Å². The molecule has 0 aromatic heterocycles. The van der Waals surface area contributed by atoms with Gasteiger partial charge >= 0.3 is 6.03 Å². The number of aryl methyl sites for hydroxylation is 1. The topological polar surface area (TPSA) is 52.7 Å². The first-order chi connectivity index (χ1) is 18.5. The van der Waals surface area contributed by atoms with Crippen LogP contribution in [0.15, 0.2) is 78.9 Å². The monoisotopic (exact) mass is 513 g/mol. The van der Waals surface area contributed by atoms with E-state index >= 15 is 0 Å². The minimum Gasteiger partial charge on any atom is -0.342 e. The largest absolute Gasteiger partial charge is 0.342 e. The van der Waals surface area contributed by atoms with Crippen molar-refractivity contribution in [3.05, 3.63) is 101 Å². The second kappa shape index (κ2) is 11.8. The van der Waals surface area contributed by atoms with Crippen molar-refractivity contribution in [3.63, 3.8) is 0 Å². The van der Waals surface area contributed by atoms with E-state index in [9.17, 15) is 14.0 Å². The molecular formula is C32H36FN3O2. The molecule has 0 saturated carbocycles. The van der Waals surface area contributed by atoms with Gasteiger partial charge in [0.05, 0.1) is 5.92 Å². The van der Waals surface area contributed by atoms with Crippen molar-refractivity contribution in [2.24, 2.45) is 11.8 Å². The molecule has 1 N–H and O–H groups in total. The first-order valence-corrected chi connectivity index (χ1v) is 13.7. The number of para-hydroxylation sites is 1. The van der Waals surface area contributed by atoms with E-state index in [0.29, 0.717) is 31.0 Å². The number of carbonyl (C=O) groups is 2. The second-order valence-corrected chi connectivity index (χ2v) is 10.8. The smallest absolute Gasteiger partial charge is 0.321 e. The lowest BCUT2D eigenvalue weighted by molar-refractivity contribution is -0.138. The number of hydrogen-bond donors (Lipinski definition) is 1. The van der Waals surface area contributed by atoms with Gasteiger partial charge in [-0.1, -0.05) is 60.7 Å². The highest BCUT2D eigenvalue weighted by Crippen LogP contribution is 2.33. The molecule has 3 aromatic rings. The number of benzene rings is 3. The van der Waals surface area contributed by atoms with Gasteiger partial charge in [0.25, 0.3) is 0 Å². The van der Waals surface area contributed by atoms with Crippen LogP contribution < -0.4 is 5.32 Å². The van der Waals surface area contributed by atoms with Crippen LogP contribution in [0.5, 0.6) is 0 Å². The lowest BCUT2D eigenvalue weighted by atomic mass is 9.82. The zero-order valence-electron chi connectivity index (χ0n) is 22.0. The predicted molar refractivity (Wildman–Crippen MR) is 148 cm³/mol. The van der Waals surface area contributed by atoms with Crippen LogP contribution in [0.1, 0.15) is 41.9 Å². The molecule has 3 aromatic carbocycles. The zero-order chi connectivity index (χ0) is 26.5. The van der Waals surface area contributed by atoms with Crippen molar-refractivity contribution in [1.82, 2.24) is 9.80 Å². The maximum Gasteiger partial charge on any atom is 0.321 e. The number of urea groups is 1. The quantitative estimate of drug-likeness (QED) is 0.438. The molecule has 2 aliphatic rings. The standard InChI is InChI=1S/C32H36FN3O2/c1-23-18-26(12-13-30(23)33)27-20-28(22-36(21-27)32(38)34-29-10-6-3-7-11-29)31(37)35-16-14-25(15-17-35)19-24-8-4-2-5-9-24/h2-13,18,25,27-28H,14-17,19-22H2,1H3,(H,34,38). The van der Waals surface area contributed by atoms with Crippen LogP contribution in [0.4, 0.5) is 14.9 Å². The van der Waals surface area contributed by atoms with Crippen molar-refractivity contribution in [2.45, 2.75) is 38.5 Å². The Morgan fingerprint density at radius 2 is 1.58 bits per heavy atom. The molecule has 0 aliphatic carbocycles. The Hall–Kier alpha value is -3.67. The number of nitrogens with one attached hydrogen (secondary N) is 1. The molecule has 2 atom stereocenters. The summed E-state index contributed by atoms with van der Waals surface area (Å²) >= 11 is 0. The highest BCUT2D eigenvalue weighted by Gasteiger charge is 2.37. The van der Waals surface area contributed by atoms with Crippen LogP contribution >= 0.6 is 0 Å². The molecule has 0 radical (unpaired) electrons. The number of piperidine rings is 2. The highest BCUT2D eigenvalue weighted by atomic mass is 19.1. The van der Waals surface area contributed by atoms with Crippen LogP contribution in [0.25, 0.3) is 0 Å². The van der Waals surface area contributed by atoms with Gasteiger partial charge in [0.1, 0.15) is 5.82 Å². The average Bonchev–Trinajstić information content (AvgIpc) is 2.95. The van der Waals surface area contributed by atoms with Crippen molar-refractivity contribution in [3.8, 4) is 0 Å².